The zero-order valence-corrected chi connectivity index (χ0v) is 18.1. The van der Waals surface area contributed by atoms with E-state index in [0.717, 1.165) is 12.1 Å². The van der Waals surface area contributed by atoms with Gasteiger partial charge in [0.2, 0.25) is 0 Å². The Balaban J connectivity index is 0.00000420. The highest BCUT2D eigenvalue weighted by molar-refractivity contribution is 14.0. The van der Waals surface area contributed by atoms with Gasteiger partial charge in [-0.05, 0) is 36.8 Å². The standard InChI is InChI=1S/C19H22F3N5O.HI/c1-2-24-18(26-10-9-25-17(28)15-6-4-8-23-13-15)27-12-14-5-3-7-16(11-14)19(20,21)22;/h3-8,11,13H,2,9-10,12H2,1H3,(H,25,28)(H2,24,26,27);1H. The van der Waals surface area contributed by atoms with Crippen LogP contribution in [0.25, 0.3) is 0 Å². The highest BCUT2D eigenvalue weighted by Gasteiger charge is 2.30. The minimum Gasteiger partial charge on any atom is -0.357 e. The van der Waals surface area contributed by atoms with Crippen molar-refractivity contribution in [1.29, 1.82) is 0 Å². The van der Waals surface area contributed by atoms with Crippen LogP contribution in [0.2, 0.25) is 0 Å². The fourth-order valence-corrected chi connectivity index (χ4v) is 2.31. The highest BCUT2D eigenvalue weighted by atomic mass is 127. The van der Waals surface area contributed by atoms with Gasteiger partial charge in [0.25, 0.3) is 5.91 Å². The maximum absolute atomic E-state index is 12.8. The quantitative estimate of drug-likeness (QED) is 0.227. The van der Waals surface area contributed by atoms with E-state index in [0.29, 0.717) is 36.7 Å². The second-order valence-corrected chi connectivity index (χ2v) is 5.82. The first-order chi connectivity index (χ1) is 13.4. The van der Waals surface area contributed by atoms with E-state index in [9.17, 15) is 18.0 Å². The van der Waals surface area contributed by atoms with Gasteiger partial charge in [0.05, 0.1) is 17.7 Å². The van der Waals surface area contributed by atoms with Crippen LogP contribution in [0.15, 0.2) is 53.8 Å². The van der Waals surface area contributed by atoms with E-state index in [1.54, 1.807) is 24.4 Å². The molecule has 29 heavy (non-hydrogen) atoms. The summed E-state index contributed by atoms with van der Waals surface area (Å²) in [6.07, 6.45) is -1.32. The Hall–Kier alpha value is -2.37. The Morgan fingerprint density at radius 2 is 1.86 bits per heavy atom. The molecule has 6 nitrogen and oxygen atoms in total. The minimum atomic E-state index is -4.38. The molecule has 3 N–H and O–H groups in total. The third-order valence-corrected chi connectivity index (χ3v) is 3.65. The number of nitrogens with zero attached hydrogens (tertiary/aromatic N) is 2. The molecule has 0 unspecified atom stereocenters. The SMILES string of the molecule is CCNC(=NCc1cccc(C(F)(F)F)c1)NCCNC(=O)c1cccnc1.I. The molecule has 10 heteroatoms. The molecule has 0 radical (unpaired) electrons. The minimum absolute atomic E-state index is 0. The number of halogens is 4. The number of rotatable bonds is 7. The molecule has 0 fully saturated rings. The third kappa shape index (κ3) is 8.67. The van der Waals surface area contributed by atoms with Gasteiger partial charge in [-0.1, -0.05) is 12.1 Å². The number of aromatic nitrogens is 1. The largest absolute Gasteiger partial charge is 0.416 e. The molecule has 0 saturated carbocycles. The van der Waals surface area contributed by atoms with Gasteiger partial charge in [-0.15, -0.1) is 24.0 Å². The van der Waals surface area contributed by atoms with Crippen molar-refractivity contribution >= 4 is 35.8 Å². The molecule has 0 spiro atoms. The summed E-state index contributed by atoms with van der Waals surface area (Å²) in [6.45, 7) is 3.32. The Morgan fingerprint density at radius 3 is 2.52 bits per heavy atom. The number of pyridine rings is 1. The fourth-order valence-electron chi connectivity index (χ4n) is 2.31. The maximum atomic E-state index is 12.8. The van der Waals surface area contributed by atoms with E-state index in [1.807, 2.05) is 6.92 Å². The van der Waals surface area contributed by atoms with Crippen LogP contribution in [0, 0.1) is 0 Å². The number of alkyl halides is 3. The van der Waals surface area contributed by atoms with Crippen molar-refractivity contribution in [2.45, 2.75) is 19.6 Å². The number of hydrogen-bond donors (Lipinski definition) is 3. The molecule has 0 saturated heterocycles. The highest BCUT2D eigenvalue weighted by Crippen LogP contribution is 2.29. The van der Waals surface area contributed by atoms with Crippen molar-refractivity contribution in [2.75, 3.05) is 19.6 Å². The molecule has 0 atom stereocenters. The Bertz CT molecular complexity index is 800. The lowest BCUT2D eigenvalue weighted by Gasteiger charge is -2.12. The predicted octanol–water partition coefficient (Wildman–Crippen LogP) is 3.20. The maximum Gasteiger partial charge on any atom is 0.416 e. The topological polar surface area (TPSA) is 78.4 Å². The van der Waals surface area contributed by atoms with E-state index in [1.165, 1.54) is 12.3 Å². The number of hydrogen-bond acceptors (Lipinski definition) is 3. The molecule has 0 aliphatic heterocycles. The molecular weight excluding hydrogens is 498 g/mol. The smallest absolute Gasteiger partial charge is 0.357 e. The molecule has 0 bridgehead atoms. The average Bonchev–Trinajstić information content (AvgIpc) is 2.69. The molecule has 1 heterocycles. The van der Waals surface area contributed by atoms with Gasteiger partial charge in [0.1, 0.15) is 0 Å². The summed E-state index contributed by atoms with van der Waals surface area (Å²) in [7, 11) is 0. The second-order valence-electron chi connectivity index (χ2n) is 5.82. The van der Waals surface area contributed by atoms with E-state index in [2.05, 4.69) is 25.9 Å². The van der Waals surface area contributed by atoms with E-state index < -0.39 is 11.7 Å². The van der Waals surface area contributed by atoms with Crippen LogP contribution in [0.4, 0.5) is 13.2 Å². The normalized spacial score (nSPS) is 11.4. The number of guanidine groups is 1. The van der Waals surface area contributed by atoms with Crippen LogP contribution in [0.1, 0.15) is 28.4 Å². The van der Waals surface area contributed by atoms with Gasteiger partial charge in [0, 0.05) is 32.0 Å². The summed E-state index contributed by atoms with van der Waals surface area (Å²) in [5.74, 6) is 0.219. The lowest BCUT2D eigenvalue weighted by Crippen LogP contribution is -2.41. The van der Waals surface area contributed by atoms with Gasteiger partial charge in [-0.25, -0.2) is 4.99 Å². The van der Waals surface area contributed by atoms with Gasteiger partial charge in [-0.2, -0.15) is 13.2 Å². The molecule has 158 valence electrons. The summed E-state index contributed by atoms with van der Waals surface area (Å²) < 4.78 is 38.3. The second kappa shape index (κ2) is 12.2. The number of amides is 1. The molecule has 0 aliphatic carbocycles. The van der Waals surface area contributed by atoms with Crippen LogP contribution in [-0.4, -0.2) is 36.5 Å². The Morgan fingerprint density at radius 1 is 1.10 bits per heavy atom. The van der Waals surface area contributed by atoms with Crippen molar-refractivity contribution in [3.05, 3.63) is 65.5 Å². The Labute approximate surface area is 184 Å². The van der Waals surface area contributed by atoms with Gasteiger partial charge in [-0.3, -0.25) is 9.78 Å². The number of carbonyl (C=O) groups excluding carboxylic acids is 1. The summed E-state index contributed by atoms with van der Waals surface area (Å²) in [6, 6.07) is 8.41. The summed E-state index contributed by atoms with van der Waals surface area (Å²) >= 11 is 0. The Kier molecular flexibility index (Phi) is 10.4. The summed E-state index contributed by atoms with van der Waals surface area (Å²) in [4.78, 5) is 20.1. The fraction of sp³-hybridized carbons (Fsp3) is 0.316. The zero-order valence-electron chi connectivity index (χ0n) is 15.8. The van der Waals surface area contributed by atoms with E-state index >= 15 is 0 Å². The van der Waals surface area contributed by atoms with Crippen molar-refractivity contribution in [3.63, 3.8) is 0 Å². The van der Waals surface area contributed by atoms with Crippen LogP contribution in [-0.2, 0) is 12.7 Å². The number of benzene rings is 1. The van der Waals surface area contributed by atoms with Crippen molar-refractivity contribution < 1.29 is 18.0 Å². The molecule has 2 rings (SSSR count). The predicted molar refractivity (Wildman–Crippen MR) is 116 cm³/mol. The molecular formula is C19H23F3IN5O. The van der Waals surface area contributed by atoms with Gasteiger partial charge >= 0.3 is 6.18 Å². The lowest BCUT2D eigenvalue weighted by atomic mass is 10.1. The lowest BCUT2D eigenvalue weighted by molar-refractivity contribution is -0.137. The molecule has 2 aromatic rings. The zero-order chi connectivity index (χ0) is 20.4. The van der Waals surface area contributed by atoms with Gasteiger partial charge in [0.15, 0.2) is 5.96 Å². The van der Waals surface area contributed by atoms with Crippen molar-refractivity contribution in [1.82, 2.24) is 20.9 Å². The molecule has 0 aliphatic rings. The van der Waals surface area contributed by atoms with Crippen molar-refractivity contribution in [3.8, 4) is 0 Å². The number of carbonyl (C=O) groups is 1. The van der Waals surface area contributed by atoms with Crippen molar-refractivity contribution in [2.24, 2.45) is 4.99 Å². The first-order valence-electron chi connectivity index (χ1n) is 8.76. The number of nitrogens with one attached hydrogen (secondary N) is 3. The van der Waals surface area contributed by atoms with Crippen LogP contribution >= 0.6 is 24.0 Å². The monoisotopic (exact) mass is 521 g/mol. The van der Waals surface area contributed by atoms with Crippen LogP contribution in [0.5, 0.6) is 0 Å². The summed E-state index contributed by atoms with van der Waals surface area (Å²) in [5, 5.41) is 8.79. The van der Waals surface area contributed by atoms with Crippen LogP contribution in [0.3, 0.4) is 0 Å². The number of aliphatic imine (C=N–C) groups is 1. The molecule has 1 amide bonds. The third-order valence-electron chi connectivity index (χ3n) is 3.65. The van der Waals surface area contributed by atoms with Crippen LogP contribution < -0.4 is 16.0 Å². The van der Waals surface area contributed by atoms with E-state index in [4.69, 9.17) is 0 Å². The van der Waals surface area contributed by atoms with E-state index in [-0.39, 0.29) is 36.4 Å². The summed E-state index contributed by atoms with van der Waals surface area (Å²) in [5.41, 5.74) is 0.223. The van der Waals surface area contributed by atoms with Gasteiger partial charge < -0.3 is 16.0 Å². The average molecular weight is 521 g/mol. The first kappa shape index (κ1) is 24.7. The molecule has 1 aromatic carbocycles. The molecule has 1 aromatic heterocycles. The first-order valence-corrected chi connectivity index (χ1v) is 8.76.